The van der Waals surface area contributed by atoms with Gasteiger partial charge in [-0.1, -0.05) is 13.8 Å². The first-order chi connectivity index (χ1) is 16.4. The summed E-state index contributed by atoms with van der Waals surface area (Å²) in [6.45, 7) is 3.81. The minimum Gasteiger partial charge on any atom is -0.423 e. The fourth-order valence-electron chi connectivity index (χ4n) is 6.98. The standard InChI is InChI=1S/C26H27I3O5S/c1-12(2)19-10-18(34-26(30)21-8-17(27)9-22(28)24(21)29)11-20(25(19)35(31,32)33)23-15-4-13-3-14(6-15)7-16(23)5-13/h8-16,23H,3-7H2,1-2H3,(H,31,32,33). The highest BCUT2D eigenvalue weighted by Gasteiger charge is 2.50. The van der Waals surface area contributed by atoms with Crippen molar-refractivity contribution in [1.29, 1.82) is 0 Å². The highest BCUT2D eigenvalue weighted by molar-refractivity contribution is 14.1. The van der Waals surface area contributed by atoms with Crippen molar-refractivity contribution in [2.24, 2.45) is 23.7 Å². The molecule has 0 amide bonds. The topological polar surface area (TPSA) is 80.7 Å². The van der Waals surface area contributed by atoms with E-state index in [4.69, 9.17) is 4.74 Å². The predicted molar refractivity (Wildman–Crippen MR) is 160 cm³/mol. The van der Waals surface area contributed by atoms with Crippen LogP contribution in [-0.2, 0) is 10.1 Å². The van der Waals surface area contributed by atoms with Crippen molar-refractivity contribution >= 4 is 83.9 Å². The van der Waals surface area contributed by atoms with Gasteiger partial charge in [0.15, 0.2) is 0 Å². The lowest BCUT2D eigenvalue weighted by molar-refractivity contribution is -0.00379. The number of hydrogen-bond donors (Lipinski definition) is 1. The second-order valence-electron chi connectivity index (χ2n) is 10.7. The Morgan fingerprint density at radius 2 is 1.57 bits per heavy atom. The molecular weight excluding hydrogens is 805 g/mol. The van der Waals surface area contributed by atoms with Gasteiger partial charge in [-0.05, 0) is 171 Å². The second-order valence-corrected chi connectivity index (χ2v) is 15.5. The molecule has 4 bridgehead atoms. The van der Waals surface area contributed by atoms with Crippen LogP contribution in [0.4, 0.5) is 0 Å². The molecule has 6 rings (SSSR count). The van der Waals surface area contributed by atoms with Crippen molar-refractivity contribution in [3.8, 4) is 5.75 Å². The summed E-state index contributed by atoms with van der Waals surface area (Å²) in [6.07, 6.45) is 5.75. The van der Waals surface area contributed by atoms with Gasteiger partial charge in [-0.25, -0.2) is 4.79 Å². The van der Waals surface area contributed by atoms with Crippen LogP contribution in [0.5, 0.6) is 5.75 Å². The van der Waals surface area contributed by atoms with Gasteiger partial charge in [0.2, 0.25) is 0 Å². The van der Waals surface area contributed by atoms with Crippen molar-refractivity contribution < 1.29 is 22.5 Å². The lowest BCUT2D eigenvalue weighted by Gasteiger charge is -2.55. The molecule has 9 heteroatoms. The highest BCUT2D eigenvalue weighted by atomic mass is 127. The minimum absolute atomic E-state index is 0.0307. The van der Waals surface area contributed by atoms with Crippen LogP contribution in [0.15, 0.2) is 29.2 Å². The Kier molecular flexibility index (Phi) is 7.57. The molecule has 2 aromatic rings. The van der Waals surface area contributed by atoms with Gasteiger partial charge in [-0.3, -0.25) is 4.55 Å². The van der Waals surface area contributed by atoms with E-state index in [0.717, 1.165) is 48.2 Å². The molecule has 4 aliphatic carbocycles. The molecule has 0 atom stereocenters. The molecule has 0 radical (unpaired) electrons. The van der Waals surface area contributed by atoms with E-state index in [2.05, 4.69) is 67.8 Å². The third kappa shape index (κ3) is 5.18. The fraction of sp³-hybridized carbons (Fsp3) is 0.500. The van der Waals surface area contributed by atoms with E-state index in [1.165, 1.54) is 6.42 Å². The maximum Gasteiger partial charge on any atom is 0.344 e. The fourth-order valence-corrected chi connectivity index (χ4v) is 10.4. The SMILES string of the molecule is CC(C)c1cc(OC(=O)c2cc(I)cc(I)c2I)cc(C2C3CC4CC(C3)CC2C4)c1S(=O)(=O)O. The van der Waals surface area contributed by atoms with Crippen LogP contribution in [0.25, 0.3) is 0 Å². The van der Waals surface area contributed by atoms with Crippen LogP contribution < -0.4 is 4.74 Å². The molecule has 0 heterocycles. The molecule has 35 heavy (non-hydrogen) atoms. The molecule has 1 N–H and O–H groups in total. The zero-order chi connectivity index (χ0) is 25.2. The van der Waals surface area contributed by atoms with Crippen molar-refractivity contribution in [3.63, 3.8) is 0 Å². The monoisotopic (exact) mass is 832 g/mol. The summed E-state index contributed by atoms with van der Waals surface area (Å²) in [5, 5.41) is 0. The lowest BCUT2D eigenvalue weighted by atomic mass is 9.50. The van der Waals surface area contributed by atoms with E-state index in [-0.39, 0.29) is 16.7 Å². The summed E-state index contributed by atoms with van der Waals surface area (Å²) in [7, 11) is -4.45. The second kappa shape index (κ2) is 9.96. The number of hydrogen-bond acceptors (Lipinski definition) is 4. The van der Waals surface area contributed by atoms with E-state index in [9.17, 15) is 17.8 Å². The first-order valence-corrected chi connectivity index (χ1v) is 16.6. The van der Waals surface area contributed by atoms with E-state index in [0.29, 0.717) is 34.3 Å². The summed E-state index contributed by atoms with van der Waals surface area (Å²) in [4.78, 5) is 13.3. The zero-order valence-corrected chi connectivity index (χ0v) is 26.7. The molecule has 4 saturated carbocycles. The zero-order valence-electron chi connectivity index (χ0n) is 19.4. The Labute approximate surface area is 247 Å². The van der Waals surface area contributed by atoms with Gasteiger partial charge in [0, 0.05) is 10.7 Å². The van der Waals surface area contributed by atoms with Crippen LogP contribution in [-0.4, -0.2) is 18.9 Å². The van der Waals surface area contributed by atoms with Gasteiger partial charge in [0.25, 0.3) is 10.1 Å². The van der Waals surface area contributed by atoms with Gasteiger partial charge >= 0.3 is 5.97 Å². The minimum atomic E-state index is -4.45. The molecule has 0 aromatic heterocycles. The number of halogens is 3. The summed E-state index contributed by atoms with van der Waals surface area (Å²) in [5.41, 5.74) is 1.64. The molecule has 188 valence electrons. The Hall–Kier alpha value is 0.01000. The Bertz CT molecular complexity index is 1280. The Morgan fingerprint density at radius 1 is 0.971 bits per heavy atom. The summed E-state index contributed by atoms with van der Waals surface area (Å²) < 4.78 is 44.5. The molecule has 0 aliphatic heterocycles. The van der Waals surface area contributed by atoms with Crippen molar-refractivity contribution in [2.45, 2.75) is 62.7 Å². The van der Waals surface area contributed by atoms with Crippen molar-refractivity contribution in [3.05, 3.63) is 51.7 Å². The number of ether oxygens (including phenoxy) is 1. The Morgan fingerprint density at radius 3 is 2.11 bits per heavy atom. The van der Waals surface area contributed by atoms with E-state index >= 15 is 0 Å². The normalized spacial score (nSPS) is 27.5. The van der Waals surface area contributed by atoms with E-state index < -0.39 is 16.1 Å². The van der Waals surface area contributed by atoms with Gasteiger partial charge in [-0.2, -0.15) is 8.42 Å². The van der Waals surface area contributed by atoms with Gasteiger partial charge in [-0.15, -0.1) is 0 Å². The lowest BCUT2D eigenvalue weighted by Crippen LogP contribution is -2.44. The van der Waals surface area contributed by atoms with Gasteiger partial charge in [0.1, 0.15) is 10.6 Å². The molecule has 4 aliphatic rings. The predicted octanol–water partition coefficient (Wildman–Crippen LogP) is 7.63. The highest BCUT2D eigenvalue weighted by Crippen LogP contribution is 2.61. The van der Waals surface area contributed by atoms with Crippen LogP contribution in [0.3, 0.4) is 0 Å². The van der Waals surface area contributed by atoms with Crippen LogP contribution in [0.2, 0.25) is 0 Å². The summed E-state index contributed by atoms with van der Waals surface area (Å²) in [5.74, 6) is 2.08. The molecular formula is C26H27I3O5S. The largest absolute Gasteiger partial charge is 0.423 e. The number of esters is 1. The average Bonchev–Trinajstić information content (AvgIpc) is 2.74. The van der Waals surface area contributed by atoms with Crippen LogP contribution in [0, 0.1) is 34.4 Å². The third-order valence-corrected chi connectivity index (χ3v) is 12.7. The molecule has 4 fully saturated rings. The number of benzene rings is 2. The number of carbonyl (C=O) groups is 1. The summed E-state index contributed by atoms with van der Waals surface area (Å²) >= 11 is 6.54. The first-order valence-electron chi connectivity index (χ1n) is 11.9. The first kappa shape index (κ1) is 26.6. The molecule has 0 spiro atoms. The summed E-state index contributed by atoms with van der Waals surface area (Å²) in [6, 6.07) is 7.16. The van der Waals surface area contributed by atoms with E-state index in [1.807, 2.05) is 19.9 Å². The van der Waals surface area contributed by atoms with Crippen molar-refractivity contribution in [2.75, 3.05) is 0 Å². The van der Waals surface area contributed by atoms with Crippen LogP contribution >= 0.6 is 67.8 Å². The molecule has 0 unspecified atom stereocenters. The Balaban J connectivity index is 1.61. The number of rotatable bonds is 5. The van der Waals surface area contributed by atoms with Crippen molar-refractivity contribution in [1.82, 2.24) is 0 Å². The van der Waals surface area contributed by atoms with Gasteiger partial charge in [0.05, 0.1) is 5.56 Å². The maximum absolute atomic E-state index is 13.2. The third-order valence-electron chi connectivity index (χ3n) is 8.01. The average molecular weight is 832 g/mol. The maximum atomic E-state index is 13.2. The number of carbonyl (C=O) groups excluding carboxylic acids is 1. The molecule has 0 saturated heterocycles. The smallest absolute Gasteiger partial charge is 0.344 e. The van der Waals surface area contributed by atoms with Gasteiger partial charge < -0.3 is 4.74 Å². The quantitative estimate of drug-likeness (QED) is 0.110. The molecule has 5 nitrogen and oxygen atoms in total. The van der Waals surface area contributed by atoms with E-state index in [1.54, 1.807) is 18.2 Å². The molecule has 2 aromatic carbocycles. The van der Waals surface area contributed by atoms with Crippen LogP contribution in [0.1, 0.15) is 79.3 Å².